The Morgan fingerprint density at radius 2 is 1.61 bits per heavy atom. The molecule has 0 bridgehead atoms. The van der Waals surface area contributed by atoms with Gasteiger partial charge in [0.2, 0.25) is 0 Å². The van der Waals surface area contributed by atoms with Gasteiger partial charge in [-0.15, -0.1) is 0 Å². The molecule has 0 saturated carbocycles. The van der Waals surface area contributed by atoms with Gasteiger partial charge in [-0.2, -0.15) is 0 Å². The van der Waals surface area contributed by atoms with Crippen LogP contribution < -0.4 is 9.62 Å². The van der Waals surface area contributed by atoms with E-state index in [0.29, 0.717) is 33.6 Å². The van der Waals surface area contributed by atoms with Gasteiger partial charge in [-0.3, -0.25) is 9.10 Å². The minimum absolute atomic E-state index is 0.206. The van der Waals surface area contributed by atoms with Crippen LogP contribution in [0.3, 0.4) is 0 Å². The van der Waals surface area contributed by atoms with Crippen molar-refractivity contribution in [3.8, 4) is 11.1 Å². The molecule has 0 radical (unpaired) electrons. The van der Waals surface area contributed by atoms with E-state index in [9.17, 15) is 18.0 Å². The highest BCUT2D eigenvalue weighted by Gasteiger charge is 2.32. The lowest BCUT2D eigenvalue weighted by Crippen LogP contribution is -2.30. The van der Waals surface area contributed by atoms with Gasteiger partial charge in [-0.25, -0.2) is 13.2 Å². The van der Waals surface area contributed by atoms with Crippen molar-refractivity contribution in [3.63, 3.8) is 0 Å². The highest BCUT2D eigenvalue weighted by Crippen LogP contribution is 2.42. The summed E-state index contributed by atoms with van der Waals surface area (Å²) in [5, 5.41) is 2.79. The molecule has 0 unspecified atom stereocenters. The average molecular weight is 436 g/mol. The van der Waals surface area contributed by atoms with Crippen LogP contribution in [0.4, 0.5) is 11.4 Å². The van der Waals surface area contributed by atoms with Crippen LogP contribution in [0.5, 0.6) is 0 Å². The van der Waals surface area contributed by atoms with Crippen LogP contribution >= 0.6 is 0 Å². The van der Waals surface area contributed by atoms with E-state index in [1.165, 1.54) is 11.4 Å². The lowest BCUT2D eigenvalue weighted by Gasteiger charge is -2.29. The molecule has 0 spiro atoms. The van der Waals surface area contributed by atoms with E-state index in [2.05, 4.69) is 5.32 Å². The highest BCUT2D eigenvalue weighted by atomic mass is 32.2. The summed E-state index contributed by atoms with van der Waals surface area (Å²) < 4.78 is 31.7. The molecule has 158 valence electrons. The Morgan fingerprint density at radius 1 is 0.935 bits per heavy atom. The summed E-state index contributed by atoms with van der Waals surface area (Å²) in [5.41, 5.74) is 3.04. The minimum Gasteiger partial charge on any atom is -0.462 e. The van der Waals surface area contributed by atoms with Gasteiger partial charge < -0.3 is 10.1 Å². The second kappa shape index (κ2) is 7.88. The fraction of sp³-hybridized carbons (Fsp3) is 0.130. The van der Waals surface area contributed by atoms with Crippen LogP contribution in [0.2, 0.25) is 0 Å². The topological polar surface area (TPSA) is 92.8 Å². The number of nitrogens with zero attached hydrogens (tertiary/aromatic N) is 1. The molecule has 1 amide bonds. The Balaban J connectivity index is 1.63. The smallest absolute Gasteiger partial charge is 0.338 e. The van der Waals surface area contributed by atoms with Gasteiger partial charge in [0.1, 0.15) is 0 Å². The van der Waals surface area contributed by atoms with E-state index >= 15 is 0 Å². The van der Waals surface area contributed by atoms with E-state index in [1.807, 2.05) is 0 Å². The first kappa shape index (κ1) is 20.6. The number of esters is 1. The second-order valence-corrected chi connectivity index (χ2v) is 8.89. The number of rotatable bonds is 4. The van der Waals surface area contributed by atoms with Crippen molar-refractivity contribution in [3.05, 3.63) is 77.9 Å². The number of hydrogen-bond donors (Lipinski definition) is 1. The van der Waals surface area contributed by atoms with E-state index < -0.39 is 16.0 Å². The molecule has 0 aromatic heterocycles. The summed E-state index contributed by atoms with van der Waals surface area (Å²) in [6.45, 7) is 2.02. The molecular weight excluding hydrogens is 416 g/mol. The SMILES string of the molecule is CCOC(=O)c1ccc(NC(=O)c2ccc3c(c2)-c2ccccc2S(=O)(=O)N3C)cc1. The van der Waals surface area contributed by atoms with E-state index in [0.717, 1.165) is 0 Å². The number of nitrogens with one attached hydrogen (secondary N) is 1. The molecule has 3 aromatic carbocycles. The van der Waals surface area contributed by atoms with Gasteiger partial charge >= 0.3 is 5.97 Å². The standard InChI is InChI=1S/C23H20N2O5S/c1-3-30-23(27)15-8-11-17(12-9-15)24-22(26)16-10-13-20-19(14-16)18-6-4-5-7-21(18)31(28,29)25(20)2/h4-14H,3H2,1-2H3,(H,24,26). The van der Waals surface area contributed by atoms with E-state index in [4.69, 9.17) is 4.74 Å². The van der Waals surface area contributed by atoms with Crippen molar-refractivity contribution in [2.75, 3.05) is 23.3 Å². The fourth-order valence-corrected chi connectivity index (χ4v) is 4.89. The third-order valence-electron chi connectivity index (χ3n) is 5.07. The molecule has 1 aliphatic heterocycles. The molecule has 0 saturated heterocycles. The zero-order valence-electron chi connectivity index (χ0n) is 17.0. The van der Waals surface area contributed by atoms with Gasteiger partial charge in [0.25, 0.3) is 15.9 Å². The Kier molecular flexibility index (Phi) is 5.24. The first-order valence-corrected chi connectivity index (χ1v) is 11.1. The lowest BCUT2D eigenvalue weighted by molar-refractivity contribution is 0.0526. The number of carbonyl (C=O) groups is 2. The maximum absolute atomic E-state index is 12.8. The van der Waals surface area contributed by atoms with Crippen molar-refractivity contribution in [2.24, 2.45) is 0 Å². The van der Waals surface area contributed by atoms with Gasteiger partial charge in [-0.1, -0.05) is 18.2 Å². The van der Waals surface area contributed by atoms with Crippen LogP contribution in [-0.4, -0.2) is 33.9 Å². The summed E-state index contributed by atoms with van der Waals surface area (Å²) in [5.74, 6) is -0.770. The molecule has 0 atom stereocenters. The van der Waals surface area contributed by atoms with Crippen molar-refractivity contribution in [2.45, 2.75) is 11.8 Å². The predicted molar refractivity (Wildman–Crippen MR) is 118 cm³/mol. The molecule has 4 rings (SSSR count). The fourth-order valence-electron chi connectivity index (χ4n) is 3.47. The number of amides is 1. The number of ether oxygens (including phenoxy) is 1. The van der Waals surface area contributed by atoms with Crippen molar-refractivity contribution in [1.29, 1.82) is 0 Å². The van der Waals surface area contributed by atoms with Gasteiger partial charge in [-0.05, 0) is 55.5 Å². The minimum atomic E-state index is -3.64. The normalized spacial score (nSPS) is 13.7. The van der Waals surface area contributed by atoms with Crippen LogP contribution in [0.25, 0.3) is 11.1 Å². The predicted octanol–water partition coefficient (Wildman–Crippen LogP) is 3.92. The molecule has 7 nitrogen and oxygen atoms in total. The zero-order valence-corrected chi connectivity index (χ0v) is 17.8. The number of hydrogen-bond acceptors (Lipinski definition) is 5. The summed E-state index contributed by atoms with van der Waals surface area (Å²) in [6.07, 6.45) is 0. The molecule has 1 heterocycles. The maximum atomic E-state index is 12.8. The van der Waals surface area contributed by atoms with Crippen molar-refractivity contribution < 1.29 is 22.7 Å². The van der Waals surface area contributed by atoms with E-state index in [1.54, 1.807) is 73.7 Å². The summed E-state index contributed by atoms with van der Waals surface area (Å²) >= 11 is 0. The number of benzene rings is 3. The third-order valence-corrected chi connectivity index (χ3v) is 6.90. The molecule has 31 heavy (non-hydrogen) atoms. The summed E-state index contributed by atoms with van der Waals surface area (Å²) in [4.78, 5) is 24.8. The quantitative estimate of drug-likeness (QED) is 0.626. The monoisotopic (exact) mass is 436 g/mol. The number of anilines is 2. The van der Waals surface area contributed by atoms with Crippen LogP contribution in [-0.2, 0) is 14.8 Å². The molecule has 1 aliphatic rings. The van der Waals surface area contributed by atoms with Crippen LogP contribution in [0.15, 0.2) is 71.6 Å². The van der Waals surface area contributed by atoms with Gasteiger partial charge in [0.05, 0.1) is 22.8 Å². The van der Waals surface area contributed by atoms with Gasteiger partial charge in [0.15, 0.2) is 0 Å². The molecular formula is C23H20N2O5S. The third kappa shape index (κ3) is 3.66. The highest BCUT2D eigenvalue weighted by molar-refractivity contribution is 7.93. The summed E-state index contributed by atoms with van der Waals surface area (Å²) in [7, 11) is -2.14. The largest absolute Gasteiger partial charge is 0.462 e. The Bertz CT molecular complexity index is 1280. The first-order chi connectivity index (χ1) is 14.8. The first-order valence-electron chi connectivity index (χ1n) is 9.64. The maximum Gasteiger partial charge on any atom is 0.338 e. The molecule has 0 aliphatic carbocycles. The molecule has 0 fully saturated rings. The number of carbonyl (C=O) groups excluding carboxylic acids is 2. The molecule has 3 aromatic rings. The molecule has 1 N–H and O–H groups in total. The lowest BCUT2D eigenvalue weighted by atomic mass is 10.00. The van der Waals surface area contributed by atoms with Crippen molar-refractivity contribution in [1.82, 2.24) is 0 Å². The van der Waals surface area contributed by atoms with Gasteiger partial charge in [0, 0.05) is 29.4 Å². The zero-order chi connectivity index (χ0) is 22.2. The number of fused-ring (bicyclic) bond motifs is 3. The van der Waals surface area contributed by atoms with Crippen molar-refractivity contribution >= 4 is 33.3 Å². The Morgan fingerprint density at radius 3 is 2.32 bits per heavy atom. The van der Waals surface area contributed by atoms with Crippen LogP contribution in [0, 0.1) is 0 Å². The Labute approximate surface area is 180 Å². The van der Waals surface area contributed by atoms with Crippen LogP contribution in [0.1, 0.15) is 27.6 Å². The summed E-state index contributed by atoms with van der Waals surface area (Å²) in [6, 6.07) is 18.0. The average Bonchev–Trinajstić information content (AvgIpc) is 2.78. The number of sulfonamides is 1. The van der Waals surface area contributed by atoms with E-state index in [-0.39, 0.29) is 17.4 Å². The molecule has 8 heteroatoms. The second-order valence-electron chi connectivity index (χ2n) is 6.95. The Hall–Kier alpha value is -3.65.